The number of ether oxygens (including phenoxy) is 1. The second kappa shape index (κ2) is 3.93. The van der Waals surface area contributed by atoms with Gasteiger partial charge in [-0.05, 0) is 12.1 Å². The lowest BCUT2D eigenvalue weighted by molar-refractivity contribution is -0.0522. The van der Waals surface area contributed by atoms with Crippen LogP contribution < -0.4 is 4.74 Å². The van der Waals surface area contributed by atoms with E-state index in [1.807, 2.05) is 0 Å². The number of alkyl halides is 2. The minimum Gasteiger partial charge on any atom is -0.432 e. The molecule has 0 atom stereocenters. The first kappa shape index (κ1) is 9.57. The maximum atomic E-state index is 12.9. The maximum Gasteiger partial charge on any atom is 0.387 e. The van der Waals surface area contributed by atoms with Gasteiger partial charge >= 0.3 is 6.61 Å². The molecule has 0 saturated heterocycles. The zero-order valence-corrected chi connectivity index (χ0v) is 6.34. The summed E-state index contributed by atoms with van der Waals surface area (Å²) in [4.78, 5) is 10.2. The number of aldehydes is 1. The quantitative estimate of drug-likeness (QED) is 0.683. The van der Waals surface area contributed by atoms with Crippen molar-refractivity contribution in [2.24, 2.45) is 0 Å². The molecule has 0 heterocycles. The van der Waals surface area contributed by atoms with Crippen LogP contribution in [0.25, 0.3) is 0 Å². The van der Waals surface area contributed by atoms with Gasteiger partial charge in [0.15, 0.2) is 17.9 Å². The summed E-state index contributed by atoms with van der Waals surface area (Å²) in [5.74, 6) is -1.70. The highest BCUT2D eigenvalue weighted by atomic mass is 19.3. The number of hydrogen-bond donors (Lipinski definition) is 0. The first-order valence-electron chi connectivity index (χ1n) is 3.33. The summed E-state index contributed by atoms with van der Waals surface area (Å²) >= 11 is 0. The highest BCUT2D eigenvalue weighted by Crippen LogP contribution is 2.20. The van der Waals surface area contributed by atoms with Crippen molar-refractivity contribution in [1.82, 2.24) is 0 Å². The lowest BCUT2D eigenvalue weighted by atomic mass is 10.2. The van der Waals surface area contributed by atoms with Crippen molar-refractivity contribution in [3.63, 3.8) is 0 Å². The van der Waals surface area contributed by atoms with Crippen LogP contribution in [0, 0.1) is 5.82 Å². The third-order valence-electron chi connectivity index (χ3n) is 1.34. The van der Waals surface area contributed by atoms with Gasteiger partial charge in [-0.1, -0.05) is 6.07 Å². The third-order valence-corrected chi connectivity index (χ3v) is 1.34. The minimum atomic E-state index is -3.10. The van der Waals surface area contributed by atoms with E-state index in [0.29, 0.717) is 0 Å². The molecule has 0 saturated carbocycles. The molecule has 5 heteroatoms. The second-order valence-corrected chi connectivity index (χ2v) is 2.16. The molecule has 0 aliphatic heterocycles. The zero-order valence-electron chi connectivity index (χ0n) is 6.34. The first-order chi connectivity index (χ1) is 6.15. The van der Waals surface area contributed by atoms with Crippen molar-refractivity contribution >= 4 is 6.29 Å². The first-order valence-corrected chi connectivity index (χ1v) is 3.33. The van der Waals surface area contributed by atoms with Crippen LogP contribution in [-0.2, 0) is 0 Å². The van der Waals surface area contributed by atoms with Gasteiger partial charge in [0.1, 0.15) is 0 Å². The Morgan fingerprint density at radius 1 is 1.38 bits per heavy atom. The van der Waals surface area contributed by atoms with E-state index in [1.54, 1.807) is 0 Å². The molecule has 0 bridgehead atoms. The fraction of sp³-hybridized carbons (Fsp3) is 0.125. The van der Waals surface area contributed by atoms with Crippen LogP contribution in [0.1, 0.15) is 10.4 Å². The molecule has 1 aromatic rings. The van der Waals surface area contributed by atoms with Crippen LogP contribution in [0.3, 0.4) is 0 Å². The topological polar surface area (TPSA) is 26.3 Å². The predicted molar refractivity (Wildman–Crippen MR) is 38.4 cm³/mol. The Balaban J connectivity index is 3.01. The Bertz CT molecular complexity index is 312. The molecule has 0 unspecified atom stereocenters. The number of hydrogen-bond acceptors (Lipinski definition) is 2. The van der Waals surface area contributed by atoms with Crippen molar-refractivity contribution in [3.8, 4) is 5.75 Å². The van der Waals surface area contributed by atoms with Gasteiger partial charge in [-0.2, -0.15) is 8.78 Å². The van der Waals surface area contributed by atoms with Crippen molar-refractivity contribution in [3.05, 3.63) is 29.6 Å². The largest absolute Gasteiger partial charge is 0.432 e. The van der Waals surface area contributed by atoms with Crippen molar-refractivity contribution in [1.29, 1.82) is 0 Å². The van der Waals surface area contributed by atoms with Crippen LogP contribution in [0.5, 0.6) is 5.75 Å². The monoisotopic (exact) mass is 190 g/mol. The van der Waals surface area contributed by atoms with E-state index in [-0.39, 0.29) is 11.8 Å². The van der Waals surface area contributed by atoms with Gasteiger partial charge in [-0.15, -0.1) is 0 Å². The average Bonchev–Trinajstić information content (AvgIpc) is 2.08. The summed E-state index contributed by atoms with van der Waals surface area (Å²) < 4.78 is 40.1. The second-order valence-electron chi connectivity index (χ2n) is 2.16. The van der Waals surface area contributed by atoms with E-state index in [1.165, 1.54) is 12.1 Å². The molecule has 0 radical (unpaired) electrons. The molecule has 0 aromatic heterocycles. The molecule has 0 aliphatic carbocycles. The van der Waals surface area contributed by atoms with E-state index < -0.39 is 18.2 Å². The number of halogens is 3. The SMILES string of the molecule is O=Cc1cccc(OC(F)F)c1F. The summed E-state index contributed by atoms with van der Waals surface area (Å²) in [6, 6.07) is 3.44. The molecule has 2 nitrogen and oxygen atoms in total. The fourth-order valence-electron chi connectivity index (χ4n) is 0.806. The maximum absolute atomic E-state index is 12.9. The van der Waals surface area contributed by atoms with Gasteiger partial charge in [0, 0.05) is 0 Å². The summed E-state index contributed by atoms with van der Waals surface area (Å²) in [6.07, 6.45) is 0.230. The van der Waals surface area contributed by atoms with E-state index in [0.717, 1.165) is 6.07 Å². The van der Waals surface area contributed by atoms with E-state index >= 15 is 0 Å². The molecular formula is C8H5F3O2. The molecule has 1 rings (SSSR count). The summed E-state index contributed by atoms with van der Waals surface area (Å²) in [7, 11) is 0. The minimum absolute atomic E-state index is 0.230. The van der Waals surface area contributed by atoms with Gasteiger partial charge in [0.05, 0.1) is 5.56 Å². The van der Waals surface area contributed by atoms with Crippen molar-refractivity contribution in [2.45, 2.75) is 6.61 Å². The van der Waals surface area contributed by atoms with Crippen LogP contribution in [0.15, 0.2) is 18.2 Å². The molecule has 1 aromatic carbocycles. The Kier molecular flexibility index (Phi) is 2.89. The van der Waals surface area contributed by atoms with Gasteiger partial charge in [0.25, 0.3) is 0 Å². The van der Waals surface area contributed by atoms with Gasteiger partial charge in [0.2, 0.25) is 0 Å². The fourth-order valence-corrected chi connectivity index (χ4v) is 0.806. The molecule has 0 N–H and O–H groups in total. The molecular weight excluding hydrogens is 185 g/mol. The molecule has 0 amide bonds. The number of carbonyl (C=O) groups is 1. The Morgan fingerprint density at radius 3 is 2.62 bits per heavy atom. The Labute approximate surface area is 71.9 Å². The normalized spacial score (nSPS) is 10.2. The van der Waals surface area contributed by atoms with Gasteiger partial charge in [-0.3, -0.25) is 4.79 Å². The lowest BCUT2D eigenvalue weighted by Crippen LogP contribution is -2.04. The molecule has 0 fully saturated rings. The van der Waals surface area contributed by atoms with E-state index in [2.05, 4.69) is 4.74 Å². The highest BCUT2D eigenvalue weighted by Gasteiger charge is 2.12. The molecule has 70 valence electrons. The average molecular weight is 190 g/mol. The number of benzene rings is 1. The summed E-state index contributed by atoms with van der Waals surface area (Å²) in [5, 5.41) is 0. The van der Waals surface area contributed by atoms with Crippen LogP contribution in [0.2, 0.25) is 0 Å². The standard InChI is InChI=1S/C8H5F3O2/c9-7-5(4-12)2-1-3-6(7)13-8(10)11/h1-4,8H. The summed E-state index contributed by atoms with van der Waals surface area (Å²) in [6.45, 7) is -3.10. The number of rotatable bonds is 3. The van der Waals surface area contributed by atoms with Crippen molar-refractivity contribution < 1.29 is 22.7 Å². The van der Waals surface area contributed by atoms with Crippen molar-refractivity contribution in [2.75, 3.05) is 0 Å². The van der Waals surface area contributed by atoms with Crippen LogP contribution in [-0.4, -0.2) is 12.9 Å². The van der Waals surface area contributed by atoms with Gasteiger partial charge < -0.3 is 4.74 Å². The van der Waals surface area contributed by atoms with Gasteiger partial charge in [-0.25, -0.2) is 4.39 Å². The molecule has 13 heavy (non-hydrogen) atoms. The van der Waals surface area contributed by atoms with Crippen LogP contribution in [0.4, 0.5) is 13.2 Å². The zero-order chi connectivity index (χ0) is 9.84. The smallest absolute Gasteiger partial charge is 0.387 e. The number of carbonyl (C=O) groups excluding carboxylic acids is 1. The lowest BCUT2D eigenvalue weighted by Gasteiger charge is -2.05. The van der Waals surface area contributed by atoms with E-state index in [9.17, 15) is 18.0 Å². The molecule has 0 aliphatic rings. The third kappa shape index (κ3) is 2.21. The van der Waals surface area contributed by atoms with E-state index in [4.69, 9.17) is 0 Å². The predicted octanol–water partition coefficient (Wildman–Crippen LogP) is 2.24. The highest BCUT2D eigenvalue weighted by molar-refractivity contribution is 5.76. The summed E-state index contributed by atoms with van der Waals surface area (Å²) in [5.41, 5.74) is -0.307. The Morgan fingerprint density at radius 2 is 2.08 bits per heavy atom. The van der Waals surface area contributed by atoms with Crippen LogP contribution >= 0.6 is 0 Å². The molecule has 0 spiro atoms. The Hall–Kier alpha value is -1.52.